The van der Waals surface area contributed by atoms with E-state index in [9.17, 15) is 10.1 Å². The SMILES string of the molecule is O=[N+]([O-])c1cnc(N2CCCCC2CCO)s1. The second-order valence-corrected chi connectivity index (χ2v) is 5.08. The molecule has 0 saturated carbocycles. The molecule has 1 saturated heterocycles. The standard InChI is InChI=1S/C10H15N3O3S/c14-6-4-8-3-1-2-5-12(8)10-11-7-9(17-10)13(15)16/h7-8,14H,1-6H2. The summed E-state index contributed by atoms with van der Waals surface area (Å²) in [7, 11) is 0. The Morgan fingerprint density at radius 3 is 3.12 bits per heavy atom. The number of nitrogens with zero attached hydrogens (tertiary/aromatic N) is 3. The molecule has 0 aliphatic carbocycles. The first kappa shape index (κ1) is 12.3. The topological polar surface area (TPSA) is 79.5 Å². The zero-order chi connectivity index (χ0) is 12.3. The highest BCUT2D eigenvalue weighted by molar-refractivity contribution is 7.18. The molecule has 1 fully saturated rings. The van der Waals surface area contributed by atoms with Crippen molar-refractivity contribution in [3.63, 3.8) is 0 Å². The van der Waals surface area contributed by atoms with Gasteiger partial charge in [-0.2, -0.15) is 0 Å². The highest BCUT2D eigenvalue weighted by Crippen LogP contribution is 2.33. The van der Waals surface area contributed by atoms with Crippen LogP contribution in [0.1, 0.15) is 25.7 Å². The maximum atomic E-state index is 10.6. The van der Waals surface area contributed by atoms with Crippen LogP contribution in [0.4, 0.5) is 10.1 Å². The van der Waals surface area contributed by atoms with Gasteiger partial charge in [-0.05, 0) is 37.0 Å². The van der Waals surface area contributed by atoms with Crippen molar-refractivity contribution >= 4 is 21.5 Å². The Kier molecular flexibility index (Phi) is 3.90. The number of rotatable bonds is 4. The maximum Gasteiger partial charge on any atom is 0.345 e. The van der Waals surface area contributed by atoms with Crippen LogP contribution in [0.25, 0.3) is 0 Å². The third-order valence-corrected chi connectivity index (χ3v) is 3.98. The van der Waals surface area contributed by atoms with E-state index in [1.165, 1.54) is 6.20 Å². The minimum atomic E-state index is -0.411. The molecule has 7 heteroatoms. The second kappa shape index (κ2) is 5.42. The van der Waals surface area contributed by atoms with Gasteiger partial charge in [-0.1, -0.05) is 0 Å². The van der Waals surface area contributed by atoms with Crippen LogP contribution in [-0.2, 0) is 0 Å². The molecule has 0 amide bonds. The van der Waals surface area contributed by atoms with Crippen LogP contribution in [0, 0.1) is 10.1 Å². The van der Waals surface area contributed by atoms with Crippen molar-refractivity contribution in [1.29, 1.82) is 0 Å². The Hall–Kier alpha value is -1.21. The molecule has 1 aromatic rings. The van der Waals surface area contributed by atoms with Crippen molar-refractivity contribution in [3.8, 4) is 0 Å². The molecule has 0 spiro atoms. The molecular formula is C10H15N3O3S. The van der Waals surface area contributed by atoms with Crippen molar-refractivity contribution in [1.82, 2.24) is 4.98 Å². The highest BCUT2D eigenvalue weighted by atomic mass is 32.1. The smallest absolute Gasteiger partial charge is 0.345 e. The monoisotopic (exact) mass is 257 g/mol. The van der Waals surface area contributed by atoms with Gasteiger partial charge in [0, 0.05) is 19.2 Å². The van der Waals surface area contributed by atoms with Gasteiger partial charge in [0.25, 0.3) is 0 Å². The zero-order valence-electron chi connectivity index (χ0n) is 9.41. The Morgan fingerprint density at radius 1 is 1.65 bits per heavy atom. The maximum absolute atomic E-state index is 10.6. The Labute approximate surface area is 103 Å². The van der Waals surface area contributed by atoms with Crippen LogP contribution >= 0.6 is 11.3 Å². The average Bonchev–Trinajstić information content (AvgIpc) is 2.79. The number of aromatic nitrogens is 1. The van der Waals surface area contributed by atoms with Gasteiger partial charge in [-0.25, -0.2) is 4.98 Å². The first-order valence-corrected chi connectivity index (χ1v) is 6.51. The van der Waals surface area contributed by atoms with Crippen molar-refractivity contribution < 1.29 is 10.0 Å². The molecule has 2 heterocycles. The van der Waals surface area contributed by atoms with Gasteiger partial charge in [0.05, 0.1) is 4.92 Å². The molecule has 1 unspecified atom stereocenters. The first-order chi connectivity index (χ1) is 8.22. The van der Waals surface area contributed by atoms with Crippen LogP contribution in [0.15, 0.2) is 6.20 Å². The van der Waals surface area contributed by atoms with Crippen molar-refractivity contribution in [2.45, 2.75) is 31.7 Å². The van der Waals surface area contributed by atoms with E-state index in [1.807, 2.05) is 0 Å². The summed E-state index contributed by atoms with van der Waals surface area (Å²) in [6.07, 6.45) is 5.26. The average molecular weight is 257 g/mol. The first-order valence-electron chi connectivity index (χ1n) is 5.70. The lowest BCUT2D eigenvalue weighted by Gasteiger charge is -2.35. The minimum Gasteiger partial charge on any atom is -0.396 e. The van der Waals surface area contributed by atoms with Gasteiger partial charge in [0.15, 0.2) is 5.13 Å². The summed E-state index contributed by atoms with van der Waals surface area (Å²) in [5, 5.41) is 20.4. The van der Waals surface area contributed by atoms with E-state index in [0.717, 1.165) is 37.1 Å². The molecule has 6 nitrogen and oxygen atoms in total. The van der Waals surface area contributed by atoms with E-state index in [2.05, 4.69) is 9.88 Å². The van der Waals surface area contributed by atoms with E-state index < -0.39 is 4.92 Å². The van der Waals surface area contributed by atoms with E-state index >= 15 is 0 Å². The molecule has 1 aliphatic heterocycles. The van der Waals surface area contributed by atoms with Crippen LogP contribution < -0.4 is 4.90 Å². The lowest BCUT2D eigenvalue weighted by molar-refractivity contribution is -0.380. The third kappa shape index (κ3) is 2.73. The number of anilines is 1. The van der Waals surface area contributed by atoms with Crippen LogP contribution in [0.3, 0.4) is 0 Å². The summed E-state index contributed by atoms with van der Waals surface area (Å²) in [4.78, 5) is 16.4. The van der Waals surface area contributed by atoms with Crippen molar-refractivity contribution in [3.05, 3.63) is 16.3 Å². The molecule has 0 bridgehead atoms. The fourth-order valence-corrected chi connectivity index (χ4v) is 3.01. The Morgan fingerprint density at radius 2 is 2.47 bits per heavy atom. The fraction of sp³-hybridized carbons (Fsp3) is 0.700. The molecule has 0 aromatic carbocycles. The van der Waals surface area contributed by atoms with Gasteiger partial charge >= 0.3 is 5.00 Å². The largest absolute Gasteiger partial charge is 0.396 e. The van der Waals surface area contributed by atoms with Crippen molar-refractivity contribution in [2.24, 2.45) is 0 Å². The highest BCUT2D eigenvalue weighted by Gasteiger charge is 2.25. The summed E-state index contributed by atoms with van der Waals surface area (Å²) in [6.45, 7) is 1.02. The quantitative estimate of drug-likeness (QED) is 0.657. The van der Waals surface area contributed by atoms with Gasteiger partial charge in [0.2, 0.25) is 0 Å². The minimum absolute atomic E-state index is 0.0771. The Balaban J connectivity index is 2.14. The molecule has 94 valence electrons. The number of aliphatic hydroxyl groups excluding tert-OH is 1. The molecule has 0 radical (unpaired) electrons. The van der Waals surface area contributed by atoms with Gasteiger partial charge < -0.3 is 10.0 Å². The predicted molar refractivity (Wildman–Crippen MR) is 65.5 cm³/mol. The number of nitro groups is 1. The van der Waals surface area contributed by atoms with E-state index in [-0.39, 0.29) is 17.6 Å². The zero-order valence-corrected chi connectivity index (χ0v) is 10.2. The molecule has 1 N–H and O–H groups in total. The van der Waals surface area contributed by atoms with Crippen molar-refractivity contribution in [2.75, 3.05) is 18.1 Å². The number of aliphatic hydroxyl groups is 1. The van der Waals surface area contributed by atoms with Crippen LogP contribution in [0.5, 0.6) is 0 Å². The summed E-state index contributed by atoms with van der Waals surface area (Å²) in [6, 6.07) is 0.263. The fourth-order valence-electron chi connectivity index (χ4n) is 2.18. The van der Waals surface area contributed by atoms with E-state index in [1.54, 1.807) is 0 Å². The van der Waals surface area contributed by atoms with Gasteiger partial charge in [-0.15, -0.1) is 0 Å². The number of hydrogen-bond acceptors (Lipinski definition) is 6. The second-order valence-electron chi connectivity index (χ2n) is 4.09. The third-order valence-electron chi connectivity index (χ3n) is 3.00. The predicted octanol–water partition coefficient (Wildman–Crippen LogP) is 1.79. The molecule has 1 atom stereocenters. The van der Waals surface area contributed by atoms with Crippen LogP contribution in [0.2, 0.25) is 0 Å². The number of piperidine rings is 1. The van der Waals surface area contributed by atoms with Crippen LogP contribution in [-0.4, -0.2) is 34.2 Å². The lowest BCUT2D eigenvalue weighted by Crippen LogP contribution is -2.40. The Bertz CT molecular complexity index is 394. The number of thiazole rings is 1. The summed E-state index contributed by atoms with van der Waals surface area (Å²) in [5.41, 5.74) is 0. The summed E-state index contributed by atoms with van der Waals surface area (Å²) < 4.78 is 0. The summed E-state index contributed by atoms with van der Waals surface area (Å²) in [5.74, 6) is 0. The van der Waals surface area contributed by atoms with Gasteiger partial charge in [-0.3, -0.25) is 10.1 Å². The summed E-state index contributed by atoms with van der Waals surface area (Å²) >= 11 is 1.11. The number of hydrogen-bond donors (Lipinski definition) is 1. The van der Waals surface area contributed by atoms with Gasteiger partial charge in [0.1, 0.15) is 6.20 Å². The normalized spacial score (nSPS) is 20.5. The lowest BCUT2D eigenvalue weighted by atomic mass is 10.0. The molecule has 1 aliphatic rings. The molecule has 17 heavy (non-hydrogen) atoms. The van der Waals surface area contributed by atoms with E-state index in [4.69, 9.17) is 5.11 Å². The molecule has 2 rings (SSSR count). The molecular weight excluding hydrogens is 242 g/mol. The molecule has 1 aromatic heterocycles. The van der Waals surface area contributed by atoms with E-state index in [0.29, 0.717) is 11.6 Å².